The van der Waals surface area contributed by atoms with Gasteiger partial charge in [0.15, 0.2) is 5.78 Å². The van der Waals surface area contributed by atoms with Gasteiger partial charge in [-0.3, -0.25) is 4.79 Å². The number of carbonyl (C=O) groups excluding carboxylic acids is 1. The molecule has 1 aromatic rings. The molecule has 0 spiro atoms. The molecule has 0 fully saturated rings. The van der Waals surface area contributed by atoms with Crippen LogP contribution in [0.2, 0.25) is 0 Å². The van der Waals surface area contributed by atoms with Crippen LogP contribution in [0.1, 0.15) is 84.9 Å². The quantitative estimate of drug-likeness (QED) is 0.694. The minimum absolute atomic E-state index is 0.00358. The highest BCUT2D eigenvalue weighted by Crippen LogP contribution is 2.43. The lowest BCUT2D eigenvalue weighted by atomic mass is 9.77. The van der Waals surface area contributed by atoms with Gasteiger partial charge >= 0.3 is 0 Å². The summed E-state index contributed by atoms with van der Waals surface area (Å²) in [5.74, 6) is 1.97. The molecule has 24 heavy (non-hydrogen) atoms. The third-order valence-corrected chi connectivity index (χ3v) is 4.67. The van der Waals surface area contributed by atoms with E-state index in [4.69, 9.17) is 4.74 Å². The highest BCUT2D eigenvalue weighted by atomic mass is 16.5. The largest absolute Gasteiger partial charge is 0.461 e. The first-order chi connectivity index (χ1) is 10.9. The second-order valence-electron chi connectivity index (χ2n) is 9.00. The van der Waals surface area contributed by atoms with E-state index in [0.29, 0.717) is 6.42 Å². The normalized spacial score (nSPS) is 15.2. The number of hydrogen-bond donors (Lipinski definition) is 0. The number of hydrogen-bond acceptors (Lipinski definition) is 2. The van der Waals surface area contributed by atoms with Gasteiger partial charge in [0.25, 0.3) is 0 Å². The molecule has 0 N–H and O–H groups in total. The monoisotopic (exact) mass is 328 g/mol. The van der Waals surface area contributed by atoms with E-state index in [1.165, 1.54) is 11.1 Å². The van der Waals surface area contributed by atoms with Gasteiger partial charge in [0.2, 0.25) is 0 Å². The smallest absolute Gasteiger partial charge is 0.159 e. The van der Waals surface area contributed by atoms with Crippen LogP contribution in [0.5, 0.6) is 5.75 Å². The van der Waals surface area contributed by atoms with Crippen LogP contribution >= 0.6 is 0 Å². The molecule has 1 aliphatic heterocycles. The first-order valence-electron chi connectivity index (χ1n) is 9.03. The SMILES string of the molecule is CCCC1=C(C(C)=O)Cc2cc(C(C)(C)C)cc(C(C)(C)C)c2O1. The number of ketones is 1. The van der Waals surface area contributed by atoms with Crippen molar-refractivity contribution < 1.29 is 9.53 Å². The fourth-order valence-electron chi connectivity index (χ4n) is 3.15. The van der Waals surface area contributed by atoms with E-state index >= 15 is 0 Å². The third kappa shape index (κ3) is 3.74. The molecule has 1 aromatic carbocycles. The number of Topliss-reactive ketones (excluding diaryl/α,β-unsaturated/α-hetero) is 1. The van der Waals surface area contributed by atoms with E-state index in [1.807, 2.05) is 0 Å². The molecule has 2 heteroatoms. The first kappa shape index (κ1) is 18.8. The van der Waals surface area contributed by atoms with Crippen LogP contribution in [0, 0.1) is 0 Å². The Kier molecular flexibility index (Phi) is 4.99. The summed E-state index contributed by atoms with van der Waals surface area (Å²) >= 11 is 0. The molecule has 0 saturated heterocycles. The summed E-state index contributed by atoms with van der Waals surface area (Å²) in [6.07, 6.45) is 2.48. The third-order valence-electron chi connectivity index (χ3n) is 4.67. The molecular weight excluding hydrogens is 296 g/mol. The molecule has 2 rings (SSSR count). The summed E-state index contributed by atoms with van der Waals surface area (Å²) in [6.45, 7) is 17.1. The Balaban J connectivity index is 2.66. The van der Waals surface area contributed by atoms with Gasteiger partial charge in [-0.2, -0.15) is 0 Å². The van der Waals surface area contributed by atoms with Crippen molar-refractivity contribution >= 4 is 5.78 Å². The molecule has 0 bridgehead atoms. The van der Waals surface area contributed by atoms with Crippen molar-refractivity contribution in [3.63, 3.8) is 0 Å². The van der Waals surface area contributed by atoms with E-state index in [2.05, 4.69) is 60.6 Å². The van der Waals surface area contributed by atoms with Gasteiger partial charge in [-0.15, -0.1) is 0 Å². The summed E-state index contributed by atoms with van der Waals surface area (Å²) in [6, 6.07) is 4.53. The van der Waals surface area contributed by atoms with Gasteiger partial charge in [-0.1, -0.05) is 60.6 Å². The van der Waals surface area contributed by atoms with E-state index in [1.54, 1.807) is 6.92 Å². The maximum Gasteiger partial charge on any atom is 0.159 e. The number of fused-ring (bicyclic) bond motifs is 1. The van der Waals surface area contributed by atoms with Crippen LogP contribution in [0.25, 0.3) is 0 Å². The molecule has 1 heterocycles. The van der Waals surface area contributed by atoms with E-state index in [9.17, 15) is 4.79 Å². The number of allylic oxidation sites excluding steroid dienone is 2. The van der Waals surface area contributed by atoms with Gasteiger partial charge in [-0.25, -0.2) is 0 Å². The molecular formula is C22H32O2. The predicted molar refractivity (Wildman–Crippen MR) is 101 cm³/mol. The highest BCUT2D eigenvalue weighted by Gasteiger charge is 2.30. The number of rotatable bonds is 3. The van der Waals surface area contributed by atoms with Crippen molar-refractivity contribution in [3.05, 3.63) is 40.2 Å². The predicted octanol–water partition coefficient (Wildman–Crippen LogP) is 5.86. The Bertz CT molecular complexity index is 679. The van der Waals surface area contributed by atoms with E-state index in [-0.39, 0.29) is 16.6 Å². The van der Waals surface area contributed by atoms with Crippen LogP contribution in [0.4, 0.5) is 0 Å². The zero-order valence-corrected chi connectivity index (χ0v) is 16.6. The van der Waals surface area contributed by atoms with Gasteiger partial charge < -0.3 is 4.74 Å². The summed E-state index contributed by atoms with van der Waals surface area (Å²) in [5.41, 5.74) is 4.60. The molecule has 0 aromatic heterocycles. The average Bonchev–Trinajstić information content (AvgIpc) is 2.43. The van der Waals surface area contributed by atoms with Crippen LogP contribution < -0.4 is 4.74 Å². The fraction of sp³-hybridized carbons (Fsp3) is 0.591. The fourth-order valence-corrected chi connectivity index (χ4v) is 3.15. The summed E-state index contributed by atoms with van der Waals surface area (Å²) < 4.78 is 6.33. The number of benzene rings is 1. The molecule has 132 valence electrons. The molecule has 0 aliphatic carbocycles. The molecule has 1 aliphatic rings. The summed E-state index contributed by atoms with van der Waals surface area (Å²) in [7, 11) is 0. The van der Waals surface area contributed by atoms with Gasteiger partial charge in [0, 0.05) is 24.0 Å². The Labute approximate surface area is 147 Å². The topological polar surface area (TPSA) is 26.3 Å². The van der Waals surface area contributed by atoms with Crippen LogP contribution in [0.3, 0.4) is 0 Å². The second kappa shape index (κ2) is 6.38. The molecule has 0 unspecified atom stereocenters. The van der Waals surface area contributed by atoms with Crippen molar-refractivity contribution in [1.82, 2.24) is 0 Å². The van der Waals surface area contributed by atoms with Gasteiger partial charge in [0.1, 0.15) is 11.5 Å². The average molecular weight is 328 g/mol. The highest BCUT2D eigenvalue weighted by molar-refractivity contribution is 5.94. The van der Waals surface area contributed by atoms with Crippen molar-refractivity contribution in [2.24, 2.45) is 0 Å². The minimum atomic E-state index is -0.00358. The lowest BCUT2D eigenvalue weighted by Gasteiger charge is -2.32. The second-order valence-corrected chi connectivity index (χ2v) is 9.00. The first-order valence-corrected chi connectivity index (χ1v) is 9.03. The van der Waals surface area contributed by atoms with Gasteiger partial charge in [-0.05, 0) is 35.3 Å². The Hall–Kier alpha value is -1.57. The Morgan fingerprint density at radius 3 is 2.17 bits per heavy atom. The lowest BCUT2D eigenvalue weighted by molar-refractivity contribution is -0.113. The van der Waals surface area contributed by atoms with Crippen LogP contribution in [-0.2, 0) is 22.0 Å². The lowest BCUT2D eigenvalue weighted by Crippen LogP contribution is -2.23. The number of carbonyl (C=O) groups is 1. The van der Waals surface area contributed by atoms with Gasteiger partial charge in [0.05, 0.1) is 0 Å². The van der Waals surface area contributed by atoms with Crippen LogP contribution in [0.15, 0.2) is 23.5 Å². The van der Waals surface area contributed by atoms with Crippen molar-refractivity contribution in [2.75, 3.05) is 0 Å². The maximum atomic E-state index is 12.1. The Morgan fingerprint density at radius 1 is 1.08 bits per heavy atom. The maximum absolute atomic E-state index is 12.1. The van der Waals surface area contributed by atoms with Crippen LogP contribution in [-0.4, -0.2) is 5.78 Å². The Morgan fingerprint density at radius 2 is 1.71 bits per heavy atom. The summed E-state index contributed by atoms with van der Waals surface area (Å²) in [4.78, 5) is 12.1. The zero-order chi connectivity index (χ0) is 18.3. The van der Waals surface area contributed by atoms with Crippen molar-refractivity contribution in [3.8, 4) is 5.75 Å². The molecule has 2 nitrogen and oxygen atoms in total. The van der Waals surface area contributed by atoms with Crippen molar-refractivity contribution in [2.45, 2.75) is 85.5 Å². The number of ether oxygens (including phenoxy) is 1. The molecule has 0 saturated carbocycles. The zero-order valence-electron chi connectivity index (χ0n) is 16.6. The summed E-state index contributed by atoms with van der Waals surface area (Å²) in [5, 5.41) is 0. The molecule has 0 amide bonds. The molecule has 0 atom stereocenters. The minimum Gasteiger partial charge on any atom is -0.461 e. The standard InChI is InChI=1S/C22H32O2/c1-9-10-19-17(14(2)23)12-15-11-16(21(3,4)5)13-18(20(15)24-19)22(6,7)8/h11,13H,9-10,12H2,1-8H3. The van der Waals surface area contributed by atoms with Crippen molar-refractivity contribution in [1.29, 1.82) is 0 Å². The van der Waals surface area contributed by atoms with E-state index < -0.39 is 0 Å². The van der Waals surface area contributed by atoms with E-state index in [0.717, 1.165) is 35.5 Å². The molecule has 0 radical (unpaired) electrons.